The van der Waals surface area contributed by atoms with E-state index < -0.39 is 0 Å². The van der Waals surface area contributed by atoms with Crippen LogP contribution in [0.25, 0.3) is 0 Å². The van der Waals surface area contributed by atoms with Crippen LogP contribution in [0.4, 0.5) is 4.39 Å². The number of hydrogen-bond donors (Lipinski definition) is 2. The lowest BCUT2D eigenvalue weighted by Crippen LogP contribution is -2.19. The van der Waals surface area contributed by atoms with E-state index in [0.717, 1.165) is 22.4 Å². The molecule has 24 heavy (non-hydrogen) atoms. The summed E-state index contributed by atoms with van der Waals surface area (Å²) in [4.78, 5) is 5.53. The molecule has 4 nitrogen and oxygen atoms in total. The first kappa shape index (κ1) is 16.2. The standard InChI is InChI=1S/C19H17FN2O2/c1-13(21-23)5-6-14-3-2-4-16(11-14)19-12-18(22-24-19)15-7-9-17(20)10-8-15/h2-4,7-11,13,19,21,23H,12H2,1H3. The first-order valence-electron chi connectivity index (χ1n) is 7.65. The smallest absolute Gasteiger partial charge is 0.158 e. The molecule has 3 rings (SSSR count). The molecule has 0 radical (unpaired) electrons. The van der Waals surface area contributed by atoms with Crippen LogP contribution in [0.3, 0.4) is 0 Å². The lowest BCUT2D eigenvalue weighted by Gasteiger charge is -2.08. The van der Waals surface area contributed by atoms with Gasteiger partial charge in [0.2, 0.25) is 0 Å². The maximum absolute atomic E-state index is 13.0. The Balaban J connectivity index is 1.72. The molecule has 0 amide bonds. The van der Waals surface area contributed by atoms with Crippen molar-refractivity contribution in [3.8, 4) is 11.8 Å². The van der Waals surface area contributed by atoms with Crippen LogP contribution in [-0.4, -0.2) is 17.0 Å². The highest BCUT2D eigenvalue weighted by Crippen LogP contribution is 2.29. The van der Waals surface area contributed by atoms with Gasteiger partial charge >= 0.3 is 0 Å². The van der Waals surface area contributed by atoms with Crippen molar-refractivity contribution in [2.75, 3.05) is 0 Å². The Labute approximate surface area is 139 Å². The number of nitrogens with zero attached hydrogens (tertiary/aromatic N) is 1. The number of rotatable bonds is 3. The zero-order valence-electron chi connectivity index (χ0n) is 13.2. The highest BCUT2D eigenvalue weighted by atomic mass is 19.1. The number of oxime groups is 1. The lowest BCUT2D eigenvalue weighted by molar-refractivity contribution is 0.0857. The van der Waals surface area contributed by atoms with Crippen molar-refractivity contribution in [1.29, 1.82) is 0 Å². The number of hydroxylamine groups is 1. The third-order valence-corrected chi connectivity index (χ3v) is 3.73. The molecule has 2 N–H and O–H groups in total. The van der Waals surface area contributed by atoms with Crippen molar-refractivity contribution in [2.45, 2.75) is 25.5 Å². The highest BCUT2D eigenvalue weighted by Gasteiger charge is 2.23. The Morgan fingerprint density at radius 1 is 1.29 bits per heavy atom. The summed E-state index contributed by atoms with van der Waals surface area (Å²) >= 11 is 0. The van der Waals surface area contributed by atoms with Crippen LogP contribution in [0.1, 0.15) is 36.1 Å². The molecular formula is C19H17FN2O2. The molecule has 2 unspecified atom stereocenters. The summed E-state index contributed by atoms with van der Waals surface area (Å²) in [5.74, 6) is 5.62. The van der Waals surface area contributed by atoms with Crippen LogP contribution in [-0.2, 0) is 4.84 Å². The van der Waals surface area contributed by atoms with Crippen molar-refractivity contribution in [1.82, 2.24) is 5.48 Å². The van der Waals surface area contributed by atoms with Crippen molar-refractivity contribution < 1.29 is 14.4 Å². The van der Waals surface area contributed by atoms with Gasteiger partial charge in [0.25, 0.3) is 0 Å². The molecule has 122 valence electrons. The number of hydrogen-bond acceptors (Lipinski definition) is 4. The first-order valence-corrected chi connectivity index (χ1v) is 7.65. The van der Waals surface area contributed by atoms with Crippen molar-refractivity contribution in [3.63, 3.8) is 0 Å². The van der Waals surface area contributed by atoms with Gasteiger partial charge in [-0.05, 0) is 42.3 Å². The van der Waals surface area contributed by atoms with Crippen molar-refractivity contribution >= 4 is 5.71 Å². The van der Waals surface area contributed by atoms with Gasteiger partial charge < -0.3 is 10.0 Å². The van der Waals surface area contributed by atoms with E-state index in [-0.39, 0.29) is 18.0 Å². The lowest BCUT2D eigenvalue weighted by atomic mass is 9.99. The van der Waals surface area contributed by atoms with Crippen molar-refractivity contribution in [3.05, 3.63) is 71.0 Å². The Hall–Kier alpha value is -2.68. The van der Waals surface area contributed by atoms with Gasteiger partial charge in [0.15, 0.2) is 6.10 Å². The van der Waals surface area contributed by atoms with Gasteiger partial charge in [0.1, 0.15) is 5.82 Å². The van der Waals surface area contributed by atoms with Gasteiger partial charge in [-0.15, -0.1) is 0 Å². The van der Waals surface area contributed by atoms with Gasteiger partial charge in [-0.2, -0.15) is 5.48 Å². The average molecular weight is 324 g/mol. The van der Waals surface area contributed by atoms with Gasteiger partial charge in [0, 0.05) is 12.0 Å². The molecule has 5 heteroatoms. The van der Waals surface area contributed by atoms with Gasteiger partial charge in [0.05, 0.1) is 11.8 Å². The van der Waals surface area contributed by atoms with Crippen LogP contribution in [0.5, 0.6) is 0 Å². The second-order valence-electron chi connectivity index (χ2n) is 5.59. The monoisotopic (exact) mass is 324 g/mol. The molecule has 0 aliphatic carbocycles. The average Bonchev–Trinajstić information content (AvgIpc) is 3.10. The van der Waals surface area contributed by atoms with Crippen LogP contribution in [0.15, 0.2) is 53.7 Å². The Bertz CT molecular complexity index is 806. The summed E-state index contributed by atoms with van der Waals surface area (Å²) in [5.41, 5.74) is 5.57. The maximum atomic E-state index is 13.0. The zero-order chi connectivity index (χ0) is 16.9. The third-order valence-electron chi connectivity index (χ3n) is 3.73. The van der Waals surface area contributed by atoms with Crippen molar-refractivity contribution in [2.24, 2.45) is 5.16 Å². The summed E-state index contributed by atoms with van der Waals surface area (Å²) in [6, 6.07) is 13.7. The highest BCUT2D eigenvalue weighted by molar-refractivity contribution is 6.01. The van der Waals surface area contributed by atoms with Crippen LogP contribution in [0.2, 0.25) is 0 Å². The molecule has 1 aliphatic rings. The molecule has 0 saturated carbocycles. The van der Waals surface area contributed by atoms with E-state index in [1.165, 1.54) is 12.1 Å². The normalized spacial score (nSPS) is 17.5. The van der Waals surface area contributed by atoms with E-state index in [9.17, 15) is 4.39 Å². The largest absolute Gasteiger partial charge is 0.387 e. The molecule has 1 heterocycles. The Kier molecular flexibility index (Phi) is 4.90. The molecule has 0 bridgehead atoms. The van der Waals surface area contributed by atoms with E-state index in [1.54, 1.807) is 19.1 Å². The molecule has 1 aliphatic heterocycles. The second kappa shape index (κ2) is 7.26. The topological polar surface area (TPSA) is 53.8 Å². The summed E-state index contributed by atoms with van der Waals surface area (Å²) in [6.45, 7) is 1.76. The van der Waals surface area contributed by atoms with E-state index in [2.05, 4.69) is 22.5 Å². The molecule has 0 fully saturated rings. The molecule has 2 aromatic rings. The molecule has 2 aromatic carbocycles. The Morgan fingerprint density at radius 3 is 2.83 bits per heavy atom. The predicted molar refractivity (Wildman–Crippen MR) is 89.1 cm³/mol. The molecule has 0 saturated heterocycles. The summed E-state index contributed by atoms with van der Waals surface area (Å²) < 4.78 is 13.0. The van der Waals surface area contributed by atoms with Crippen LogP contribution in [0, 0.1) is 17.7 Å². The Morgan fingerprint density at radius 2 is 2.08 bits per heavy atom. The van der Waals surface area contributed by atoms with E-state index >= 15 is 0 Å². The van der Waals surface area contributed by atoms with E-state index in [0.29, 0.717) is 6.42 Å². The van der Waals surface area contributed by atoms with Crippen LogP contribution >= 0.6 is 0 Å². The SMILES string of the molecule is CC(C#Cc1cccc(C2CC(c3ccc(F)cc3)=NO2)c1)NO. The molecule has 0 aromatic heterocycles. The maximum Gasteiger partial charge on any atom is 0.158 e. The molecular weight excluding hydrogens is 307 g/mol. The first-order chi connectivity index (χ1) is 11.7. The minimum Gasteiger partial charge on any atom is -0.387 e. The second-order valence-corrected chi connectivity index (χ2v) is 5.59. The minimum absolute atomic E-state index is 0.180. The van der Waals surface area contributed by atoms with E-state index in [1.807, 2.05) is 24.3 Å². The molecule has 2 atom stereocenters. The number of halogens is 1. The summed E-state index contributed by atoms with van der Waals surface area (Å²) in [7, 11) is 0. The summed E-state index contributed by atoms with van der Waals surface area (Å²) in [5, 5.41) is 12.9. The minimum atomic E-state index is -0.301. The quantitative estimate of drug-likeness (QED) is 0.672. The van der Waals surface area contributed by atoms with Gasteiger partial charge in [-0.25, -0.2) is 4.39 Å². The molecule has 0 spiro atoms. The predicted octanol–water partition coefficient (Wildman–Crippen LogP) is 3.41. The third kappa shape index (κ3) is 3.80. The van der Waals surface area contributed by atoms with Gasteiger partial charge in [-0.3, -0.25) is 0 Å². The van der Waals surface area contributed by atoms with E-state index in [4.69, 9.17) is 10.0 Å². The fourth-order valence-corrected chi connectivity index (χ4v) is 2.41. The van der Waals surface area contributed by atoms with Gasteiger partial charge in [-0.1, -0.05) is 41.3 Å². The summed E-state index contributed by atoms with van der Waals surface area (Å²) in [6.07, 6.45) is 0.442. The zero-order valence-corrected chi connectivity index (χ0v) is 13.2. The van der Waals surface area contributed by atoms with Crippen LogP contribution < -0.4 is 5.48 Å². The number of nitrogens with one attached hydrogen (secondary N) is 1. The fourth-order valence-electron chi connectivity index (χ4n) is 2.41. The fraction of sp³-hybridized carbons (Fsp3) is 0.211. The number of benzene rings is 2.